The van der Waals surface area contributed by atoms with Crippen LogP contribution in [0.25, 0.3) is 10.2 Å². The van der Waals surface area contributed by atoms with Crippen molar-refractivity contribution >= 4 is 21.6 Å². The molecule has 3 aromatic heterocycles. The highest BCUT2D eigenvalue weighted by Gasteiger charge is 2.32. The summed E-state index contributed by atoms with van der Waals surface area (Å²) in [7, 11) is 0. The Morgan fingerprint density at radius 1 is 1.31 bits per heavy atom. The van der Waals surface area contributed by atoms with Gasteiger partial charge < -0.3 is 0 Å². The first kappa shape index (κ1) is 19.6. The number of hydrogen-bond acceptors (Lipinski definition) is 6. The predicted octanol–water partition coefficient (Wildman–Crippen LogP) is 1.34. The Kier molecular flexibility index (Phi) is 4.73. The van der Waals surface area contributed by atoms with Crippen molar-refractivity contribution in [2.45, 2.75) is 45.3 Å². The van der Waals surface area contributed by atoms with Crippen LogP contribution in [0.3, 0.4) is 0 Å². The monoisotopic (exact) mass is 431 g/mol. The van der Waals surface area contributed by atoms with Gasteiger partial charge in [-0.05, 0) is 25.3 Å². The lowest BCUT2D eigenvalue weighted by Gasteiger charge is -2.12. The number of thiophene rings is 1. The van der Waals surface area contributed by atoms with Crippen molar-refractivity contribution in [3.63, 3.8) is 0 Å². The molecule has 1 aliphatic rings. The van der Waals surface area contributed by atoms with E-state index in [1.807, 2.05) is 0 Å². The van der Waals surface area contributed by atoms with E-state index in [1.165, 1.54) is 6.33 Å². The molecule has 0 unspecified atom stereocenters. The second kappa shape index (κ2) is 6.99. The van der Waals surface area contributed by atoms with Gasteiger partial charge in [0.2, 0.25) is 0 Å². The maximum atomic E-state index is 13.0. The van der Waals surface area contributed by atoms with E-state index >= 15 is 0 Å². The quantitative estimate of drug-likeness (QED) is 0.634. The van der Waals surface area contributed by atoms with Gasteiger partial charge in [-0.15, -0.1) is 24.5 Å². The van der Waals surface area contributed by atoms with Gasteiger partial charge in [0.1, 0.15) is 11.2 Å². The fraction of sp³-hybridized carbons (Fsp3) is 0.500. The molecule has 0 bridgehead atoms. The van der Waals surface area contributed by atoms with Crippen LogP contribution in [0.4, 0.5) is 13.2 Å². The molecule has 9 nitrogen and oxygen atoms in total. The van der Waals surface area contributed by atoms with Crippen LogP contribution in [0.2, 0.25) is 0 Å². The maximum Gasteiger partial charge on any atom is 0.522 e. The zero-order chi connectivity index (χ0) is 20.9. The smallest absolute Gasteiger partial charge is 0.295 e. The lowest BCUT2D eigenvalue weighted by molar-refractivity contribution is -0.325. The van der Waals surface area contributed by atoms with Gasteiger partial charge in [0.15, 0.2) is 0 Å². The zero-order valence-corrected chi connectivity index (χ0v) is 16.0. The molecule has 0 spiro atoms. The fourth-order valence-electron chi connectivity index (χ4n) is 3.20. The Morgan fingerprint density at radius 3 is 2.62 bits per heavy atom. The van der Waals surface area contributed by atoms with Crippen molar-refractivity contribution in [2.24, 2.45) is 0 Å². The molecule has 0 aromatic carbocycles. The van der Waals surface area contributed by atoms with Gasteiger partial charge in [-0.2, -0.15) is 5.10 Å². The van der Waals surface area contributed by atoms with Crippen molar-refractivity contribution < 1.29 is 17.9 Å². The van der Waals surface area contributed by atoms with Crippen LogP contribution < -0.4 is 16.9 Å². The normalized spacial score (nSPS) is 14.8. The van der Waals surface area contributed by atoms with Gasteiger partial charge in [-0.1, -0.05) is 0 Å². The highest BCUT2D eigenvalue weighted by atomic mass is 32.1. The van der Waals surface area contributed by atoms with E-state index in [1.54, 1.807) is 6.92 Å². The van der Waals surface area contributed by atoms with Gasteiger partial charge in [0.25, 0.3) is 5.56 Å². The van der Waals surface area contributed by atoms with Crippen LogP contribution >= 0.6 is 11.3 Å². The Labute approximate surface area is 164 Å². The van der Waals surface area contributed by atoms with E-state index in [2.05, 4.69) is 14.8 Å². The minimum absolute atomic E-state index is 0.0730. The van der Waals surface area contributed by atoms with E-state index in [0.29, 0.717) is 23.3 Å². The number of halogens is 3. The van der Waals surface area contributed by atoms with Crippen LogP contribution in [-0.4, -0.2) is 36.9 Å². The number of aromatic amines is 1. The van der Waals surface area contributed by atoms with Crippen LogP contribution in [0.5, 0.6) is 0 Å². The SMILES string of the molecule is Cc1c(Cn2nc[nH]c2=O)sc2c1c(=O)n(C1CC1)c(=O)n2CCOC(F)(F)F. The third-order valence-electron chi connectivity index (χ3n) is 4.75. The molecule has 13 heteroatoms. The molecule has 0 radical (unpaired) electrons. The standard InChI is InChI=1S/C16H16F3N5O4S/c1-8-10(6-23-14(26)20-7-21-23)29-13-11(8)12(25)24(9-2-3-9)15(27)22(13)4-5-28-16(17,18)19/h7,9H,2-6H2,1H3,(H,20,21,26). The van der Waals surface area contributed by atoms with Crippen LogP contribution in [-0.2, 0) is 17.8 Å². The fourth-order valence-corrected chi connectivity index (χ4v) is 4.49. The largest absolute Gasteiger partial charge is 0.522 e. The average molecular weight is 431 g/mol. The van der Waals surface area contributed by atoms with Gasteiger partial charge in [-0.25, -0.2) is 14.3 Å². The first-order chi connectivity index (χ1) is 13.7. The van der Waals surface area contributed by atoms with Gasteiger partial charge in [-0.3, -0.25) is 23.6 Å². The number of alkyl halides is 3. The highest BCUT2D eigenvalue weighted by Crippen LogP contribution is 2.34. The number of aromatic nitrogens is 5. The number of rotatable bonds is 6. The molecular weight excluding hydrogens is 415 g/mol. The molecule has 4 rings (SSSR count). The molecule has 156 valence electrons. The molecule has 1 N–H and O–H groups in total. The molecule has 3 aromatic rings. The summed E-state index contributed by atoms with van der Waals surface area (Å²) < 4.78 is 44.3. The van der Waals surface area contributed by atoms with E-state index in [-0.39, 0.29) is 29.3 Å². The summed E-state index contributed by atoms with van der Waals surface area (Å²) in [4.78, 5) is 40.8. The first-order valence-electron chi connectivity index (χ1n) is 8.76. The van der Waals surface area contributed by atoms with Gasteiger partial charge in [0.05, 0.1) is 25.1 Å². The molecule has 1 fully saturated rings. The van der Waals surface area contributed by atoms with E-state index in [0.717, 1.165) is 25.2 Å². The van der Waals surface area contributed by atoms with Crippen molar-refractivity contribution in [3.8, 4) is 0 Å². The second-order valence-electron chi connectivity index (χ2n) is 6.72. The molecule has 0 aliphatic heterocycles. The Hall–Kier alpha value is -2.67. The summed E-state index contributed by atoms with van der Waals surface area (Å²) in [6.07, 6.45) is -2.25. The summed E-state index contributed by atoms with van der Waals surface area (Å²) in [5, 5.41) is 4.15. The Bertz CT molecular complexity index is 1240. The van der Waals surface area contributed by atoms with Crippen LogP contribution in [0.1, 0.15) is 29.3 Å². The number of nitrogens with one attached hydrogen (secondary N) is 1. The number of H-pyrrole nitrogens is 1. The minimum atomic E-state index is -4.81. The molecule has 29 heavy (non-hydrogen) atoms. The van der Waals surface area contributed by atoms with E-state index in [9.17, 15) is 27.6 Å². The molecule has 1 aliphatic carbocycles. The third kappa shape index (κ3) is 3.67. The highest BCUT2D eigenvalue weighted by molar-refractivity contribution is 7.18. The Morgan fingerprint density at radius 2 is 2.03 bits per heavy atom. The summed E-state index contributed by atoms with van der Waals surface area (Å²) in [5.41, 5.74) is -0.978. The van der Waals surface area contributed by atoms with Crippen LogP contribution in [0.15, 0.2) is 20.7 Å². The second-order valence-corrected chi connectivity index (χ2v) is 7.80. The summed E-state index contributed by atoms with van der Waals surface area (Å²) >= 11 is 1.08. The summed E-state index contributed by atoms with van der Waals surface area (Å²) in [6, 6.07) is -0.245. The lowest BCUT2D eigenvalue weighted by atomic mass is 10.2. The molecule has 0 amide bonds. The third-order valence-corrected chi connectivity index (χ3v) is 6.05. The lowest BCUT2D eigenvalue weighted by Crippen LogP contribution is -2.40. The average Bonchev–Trinajstić information content (AvgIpc) is 3.30. The summed E-state index contributed by atoms with van der Waals surface area (Å²) in [5.74, 6) is 0. The maximum absolute atomic E-state index is 13.0. The van der Waals surface area contributed by atoms with Crippen molar-refractivity contribution in [3.05, 3.63) is 48.1 Å². The first-order valence-corrected chi connectivity index (χ1v) is 9.57. The van der Waals surface area contributed by atoms with E-state index < -0.39 is 29.9 Å². The number of hydrogen-bond donors (Lipinski definition) is 1. The molecule has 0 saturated heterocycles. The summed E-state index contributed by atoms with van der Waals surface area (Å²) in [6.45, 7) is 0.644. The number of nitrogens with zero attached hydrogens (tertiary/aromatic N) is 4. The van der Waals surface area contributed by atoms with E-state index in [4.69, 9.17) is 0 Å². The molecule has 1 saturated carbocycles. The zero-order valence-electron chi connectivity index (χ0n) is 15.2. The van der Waals surface area contributed by atoms with Gasteiger partial charge >= 0.3 is 17.7 Å². The van der Waals surface area contributed by atoms with Crippen molar-refractivity contribution in [1.82, 2.24) is 23.9 Å². The molecule has 3 heterocycles. The number of fused-ring (bicyclic) bond motifs is 1. The number of ether oxygens (including phenoxy) is 1. The van der Waals surface area contributed by atoms with Crippen LogP contribution in [0, 0.1) is 6.92 Å². The number of aryl methyl sites for hydroxylation is 1. The molecular formula is C16H16F3N5O4S. The Balaban J connectivity index is 1.84. The van der Waals surface area contributed by atoms with Crippen molar-refractivity contribution in [2.75, 3.05) is 6.61 Å². The van der Waals surface area contributed by atoms with Gasteiger partial charge in [0, 0.05) is 10.9 Å². The minimum Gasteiger partial charge on any atom is -0.295 e. The predicted molar refractivity (Wildman–Crippen MR) is 97.3 cm³/mol. The van der Waals surface area contributed by atoms with Crippen molar-refractivity contribution in [1.29, 1.82) is 0 Å². The topological polar surface area (TPSA) is 104 Å². The molecule has 0 atom stereocenters.